The van der Waals surface area contributed by atoms with Gasteiger partial charge in [0.2, 0.25) is 5.91 Å². The van der Waals surface area contributed by atoms with Gasteiger partial charge in [0.1, 0.15) is 0 Å². The summed E-state index contributed by atoms with van der Waals surface area (Å²) in [7, 11) is 0. The van der Waals surface area contributed by atoms with E-state index in [-0.39, 0.29) is 17.9 Å². The van der Waals surface area contributed by atoms with E-state index in [2.05, 4.69) is 18.2 Å². The molecule has 0 unspecified atom stereocenters. The lowest BCUT2D eigenvalue weighted by Crippen LogP contribution is -2.39. The van der Waals surface area contributed by atoms with Gasteiger partial charge in [0.15, 0.2) is 0 Å². The maximum absolute atomic E-state index is 13.2. The van der Waals surface area contributed by atoms with Gasteiger partial charge in [-0.2, -0.15) is 0 Å². The molecule has 0 aliphatic carbocycles. The van der Waals surface area contributed by atoms with Crippen molar-refractivity contribution >= 4 is 23.2 Å². The SMILES string of the molecule is O=C(C[C@H](c1cccs1)N1Cc2ccccc2C1=O)N1CCc2ccccc2C1. The molecule has 5 heteroatoms. The molecule has 146 valence electrons. The minimum absolute atomic E-state index is 0.0239. The number of hydrogen-bond donors (Lipinski definition) is 0. The molecule has 2 aliphatic rings. The van der Waals surface area contributed by atoms with Gasteiger partial charge in [0.05, 0.1) is 12.5 Å². The van der Waals surface area contributed by atoms with E-state index >= 15 is 0 Å². The topological polar surface area (TPSA) is 40.6 Å². The van der Waals surface area contributed by atoms with Crippen LogP contribution in [0.2, 0.25) is 0 Å². The average molecular weight is 403 g/mol. The summed E-state index contributed by atoms with van der Waals surface area (Å²) in [4.78, 5) is 31.2. The third kappa shape index (κ3) is 3.36. The molecule has 0 saturated heterocycles. The van der Waals surface area contributed by atoms with Crippen molar-refractivity contribution in [3.8, 4) is 0 Å². The van der Waals surface area contributed by atoms with Crippen molar-refractivity contribution in [2.24, 2.45) is 0 Å². The first kappa shape index (κ1) is 18.1. The molecule has 1 aromatic heterocycles. The third-order valence-electron chi connectivity index (χ3n) is 5.95. The number of nitrogens with zero attached hydrogens (tertiary/aromatic N) is 2. The summed E-state index contributed by atoms with van der Waals surface area (Å²) in [5.74, 6) is 0.137. The molecular formula is C24H22N2O2S. The monoisotopic (exact) mass is 402 g/mol. The largest absolute Gasteiger partial charge is 0.338 e. The highest BCUT2D eigenvalue weighted by atomic mass is 32.1. The van der Waals surface area contributed by atoms with Crippen LogP contribution in [-0.2, 0) is 24.3 Å². The lowest BCUT2D eigenvalue weighted by atomic mass is 9.99. The van der Waals surface area contributed by atoms with Crippen LogP contribution < -0.4 is 0 Å². The predicted molar refractivity (Wildman–Crippen MR) is 114 cm³/mol. The lowest BCUT2D eigenvalue weighted by Gasteiger charge is -2.32. The average Bonchev–Trinajstić information content (AvgIpc) is 3.40. The van der Waals surface area contributed by atoms with Gasteiger partial charge in [-0.1, -0.05) is 48.5 Å². The summed E-state index contributed by atoms with van der Waals surface area (Å²) in [6.07, 6.45) is 1.21. The molecule has 2 aromatic carbocycles. The highest BCUT2D eigenvalue weighted by Crippen LogP contribution is 2.36. The fourth-order valence-corrected chi connectivity index (χ4v) is 5.22. The fraction of sp³-hybridized carbons (Fsp3) is 0.250. The van der Waals surface area contributed by atoms with Gasteiger partial charge in [0, 0.05) is 30.1 Å². The van der Waals surface area contributed by atoms with E-state index in [0.717, 1.165) is 29.0 Å². The Morgan fingerprint density at radius 3 is 2.45 bits per heavy atom. The van der Waals surface area contributed by atoms with E-state index in [0.29, 0.717) is 19.5 Å². The van der Waals surface area contributed by atoms with Gasteiger partial charge in [-0.05, 0) is 40.6 Å². The van der Waals surface area contributed by atoms with Gasteiger partial charge in [0.25, 0.3) is 5.91 Å². The van der Waals surface area contributed by atoms with Crippen molar-refractivity contribution in [3.63, 3.8) is 0 Å². The summed E-state index contributed by atoms with van der Waals surface area (Å²) in [5, 5.41) is 2.01. The Bertz CT molecular complexity index is 1060. The lowest BCUT2D eigenvalue weighted by molar-refractivity contribution is -0.133. The number of carbonyl (C=O) groups is 2. The van der Waals surface area contributed by atoms with Crippen LogP contribution in [0.3, 0.4) is 0 Å². The van der Waals surface area contributed by atoms with Crippen LogP contribution in [0.25, 0.3) is 0 Å². The molecule has 0 fully saturated rings. The number of thiophene rings is 1. The van der Waals surface area contributed by atoms with E-state index in [1.807, 2.05) is 57.6 Å². The molecule has 3 aromatic rings. The number of rotatable bonds is 4. The van der Waals surface area contributed by atoms with Gasteiger partial charge in [-0.25, -0.2) is 0 Å². The molecule has 0 spiro atoms. The number of hydrogen-bond acceptors (Lipinski definition) is 3. The van der Waals surface area contributed by atoms with E-state index in [4.69, 9.17) is 0 Å². The van der Waals surface area contributed by atoms with E-state index < -0.39 is 0 Å². The molecule has 5 rings (SSSR count). The molecular weight excluding hydrogens is 380 g/mol. The smallest absolute Gasteiger partial charge is 0.255 e. The second kappa shape index (κ2) is 7.48. The normalized spacial score (nSPS) is 16.5. The van der Waals surface area contributed by atoms with Gasteiger partial charge < -0.3 is 9.80 Å². The zero-order valence-electron chi connectivity index (χ0n) is 16.1. The molecule has 1 atom stereocenters. The van der Waals surface area contributed by atoms with Gasteiger partial charge in [-0.3, -0.25) is 9.59 Å². The van der Waals surface area contributed by atoms with E-state index in [9.17, 15) is 9.59 Å². The van der Waals surface area contributed by atoms with Crippen molar-refractivity contribution in [1.29, 1.82) is 0 Å². The number of benzene rings is 2. The van der Waals surface area contributed by atoms with Crippen LogP contribution in [0.4, 0.5) is 0 Å². The van der Waals surface area contributed by atoms with Crippen LogP contribution in [-0.4, -0.2) is 28.2 Å². The minimum atomic E-state index is -0.223. The van der Waals surface area contributed by atoms with Gasteiger partial charge >= 0.3 is 0 Å². The maximum atomic E-state index is 13.2. The Morgan fingerprint density at radius 2 is 1.69 bits per heavy atom. The Kier molecular flexibility index (Phi) is 4.68. The van der Waals surface area contributed by atoms with Crippen molar-refractivity contribution in [3.05, 3.63) is 93.2 Å². The van der Waals surface area contributed by atoms with Crippen LogP contribution in [0, 0.1) is 0 Å². The summed E-state index contributed by atoms with van der Waals surface area (Å²) in [6.45, 7) is 1.95. The highest BCUT2D eigenvalue weighted by Gasteiger charge is 2.36. The summed E-state index contributed by atoms with van der Waals surface area (Å²) < 4.78 is 0. The van der Waals surface area contributed by atoms with Gasteiger partial charge in [-0.15, -0.1) is 11.3 Å². The molecule has 0 saturated carbocycles. The molecule has 0 bridgehead atoms. The molecule has 3 heterocycles. The first-order valence-electron chi connectivity index (χ1n) is 9.97. The molecule has 29 heavy (non-hydrogen) atoms. The Morgan fingerprint density at radius 1 is 0.931 bits per heavy atom. The number of amides is 2. The van der Waals surface area contributed by atoms with Crippen molar-refractivity contribution in [1.82, 2.24) is 9.80 Å². The van der Waals surface area contributed by atoms with E-state index in [1.54, 1.807) is 11.3 Å². The first-order chi connectivity index (χ1) is 14.2. The maximum Gasteiger partial charge on any atom is 0.255 e. The highest BCUT2D eigenvalue weighted by molar-refractivity contribution is 7.10. The molecule has 2 amide bonds. The molecule has 4 nitrogen and oxygen atoms in total. The van der Waals surface area contributed by atoms with Crippen LogP contribution >= 0.6 is 11.3 Å². The molecule has 2 aliphatic heterocycles. The van der Waals surface area contributed by atoms with Crippen LogP contribution in [0.15, 0.2) is 66.0 Å². The van der Waals surface area contributed by atoms with Crippen LogP contribution in [0.5, 0.6) is 0 Å². The van der Waals surface area contributed by atoms with Crippen molar-refractivity contribution < 1.29 is 9.59 Å². The Labute approximate surface area is 174 Å². The number of fused-ring (bicyclic) bond motifs is 2. The first-order valence-corrected chi connectivity index (χ1v) is 10.9. The Hall–Kier alpha value is -2.92. The summed E-state index contributed by atoms with van der Waals surface area (Å²) in [6, 6.07) is 19.9. The minimum Gasteiger partial charge on any atom is -0.338 e. The number of carbonyl (C=O) groups excluding carboxylic acids is 2. The molecule has 0 N–H and O–H groups in total. The second-order valence-electron chi connectivity index (χ2n) is 7.66. The predicted octanol–water partition coefficient (Wildman–Crippen LogP) is 4.42. The standard InChI is InChI=1S/C24H22N2O2S/c27-23(25-12-11-17-6-1-2-7-18(17)15-25)14-21(22-10-5-13-29-22)26-16-19-8-3-4-9-20(19)24(26)28/h1-10,13,21H,11-12,14-16H2/t21-/m1/s1. The van der Waals surface area contributed by atoms with Crippen molar-refractivity contribution in [2.45, 2.75) is 32.0 Å². The fourth-order valence-electron chi connectivity index (χ4n) is 4.38. The zero-order valence-corrected chi connectivity index (χ0v) is 16.9. The molecule has 0 radical (unpaired) electrons. The summed E-state index contributed by atoms with van der Waals surface area (Å²) >= 11 is 1.61. The van der Waals surface area contributed by atoms with E-state index in [1.165, 1.54) is 11.1 Å². The second-order valence-corrected chi connectivity index (χ2v) is 8.64. The van der Waals surface area contributed by atoms with Crippen molar-refractivity contribution in [2.75, 3.05) is 6.54 Å². The quantitative estimate of drug-likeness (QED) is 0.648. The van der Waals surface area contributed by atoms with Crippen LogP contribution in [0.1, 0.15) is 44.4 Å². The Balaban J connectivity index is 1.38. The summed E-state index contributed by atoms with van der Waals surface area (Å²) in [5.41, 5.74) is 4.35. The third-order valence-corrected chi connectivity index (χ3v) is 6.92. The zero-order chi connectivity index (χ0) is 19.8.